The van der Waals surface area contributed by atoms with Crippen LogP contribution >= 0.6 is 0 Å². The lowest BCUT2D eigenvalue weighted by molar-refractivity contribution is -0.541. The van der Waals surface area contributed by atoms with E-state index in [0.717, 1.165) is 0 Å². The maximum absolute atomic E-state index is 11.1. The van der Waals surface area contributed by atoms with Crippen molar-refractivity contribution in [2.45, 2.75) is 20.0 Å². The Hall–Kier alpha value is -1.21. The average molecular weight is 204 g/mol. The third-order valence-corrected chi connectivity index (χ3v) is 1.82. The van der Waals surface area contributed by atoms with Crippen LogP contribution in [0.15, 0.2) is 0 Å². The van der Waals surface area contributed by atoms with Crippen molar-refractivity contribution < 1.29 is 9.72 Å². The van der Waals surface area contributed by atoms with Crippen LogP contribution in [-0.4, -0.2) is 42.0 Å². The molecule has 0 aliphatic heterocycles. The molecule has 0 heterocycles. The van der Waals surface area contributed by atoms with Gasteiger partial charge in [-0.15, -0.1) is 0 Å². The van der Waals surface area contributed by atoms with E-state index in [0.29, 0.717) is 13.1 Å². The van der Waals surface area contributed by atoms with E-state index in [1.165, 1.54) is 18.7 Å². The molecule has 0 fully saturated rings. The fourth-order valence-corrected chi connectivity index (χ4v) is 1.02. The molecule has 82 valence electrons. The molecule has 1 amide bonds. The summed E-state index contributed by atoms with van der Waals surface area (Å²) in [5, 5.41) is 10.5. The number of nitrogens with one attached hydrogen (secondary N) is 2. The van der Waals surface area contributed by atoms with Gasteiger partial charge in [0.1, 0.15) is 0 Å². The van der Waals surface area contributed by atoms with E-state index in [2.05, 4.69) is 10.9 Å². The summed E-state index contributed by atoms with van der Waals surface area (Å²) in [5.41, 5.74) is 5.43. The van der Waals surface area contributed by atoms with Crippen molar-refractivity contribution in [2.24, 2.45) is 0 Å². The lowest BCUT2D eigenvalue weighted by Gasteiger charge is -2.21. The minimum absolute atomic E-state index is 0.299. The van der Waals surface area contributed by atoms with Gasteiger partial charge in [0, 0.05) is 31.9 Å². The van der Waals surface area contributed by atoms with Crippen LogP contribution < -0.4 is 10.9 Å². The fourth-order valence-electron chi connectivity index (χ4n) is 1.02. The zero-order valence-corrected chi connectivity index (χ0v) is 8.61. The molecule has 0 bridgehead atoms. The number of carbonyl (C=O) groups excluding carboxylic acids is 1. The molecule has 0 saturated carbocycles. The topological polar surface area (TPSA) is 87.5 Å². The molecular weight excluding hydrogens is 188 g/mol. The van der Waals surface area contributed by atoms with Crippen molar-refractivity contribution in [3.8, 4) is 0 Å². The molecule has 1 atom stereocenters. The van der Waals surface area contributed by atoms with Crippen LogP contribution in [0, 0.1) is 10.1 Å². The molecule has 0 aromatic rings. The molecule has 7 heteroatoms. The Morgan fingerprint density at radius 2 is 2.21 bits per heavy atom. The number of carbonyl (C=O) groups is 1. The second-order valence-electron chi connectivity index (χ2n) is 2.81. The molecule has 1 unspecified atom stereocenters. The van der Waals surface area contributed by atoms with E-state index < -0.39 is 11.1 Å². The summed E-state index contributed by atoms with van der Waals surface area (Å²) in [6, 6.07) is 0. The van der Waals surface area contributed by atoms with Crippen molar-refractivity contribution in [2.75, 3.05) is 20.1 Å². The van der Waals surface area contributed by atoms with Crippen molar-refractivity contribution in [3.63, 3.8) is 0 Å². The summed E-state index contributed by atoms with van der Waals surface area (Å²) < 4.78 is 0. The number of hydrazine groups is 1. The number of nitrogens with zero attached hydrogens (tertiary/aromatic N) is 2. The highest BCUT2D eigenvalue weighted by Crippen LogP contribution is 1.99. The number of hydrogen-bond donors (Lipinski definition) is 2. The Balaban J connectivity index is 4.15. The van der Waals surface area contributed by atoms with Crippen LogP contribution in [0.4, 0.5) is 0 Å². The highest BCUT2D eigenvalue weighted by Gasteiger charge is 2.24. The largest absolute Gasteiger partial charge is 0.286 e. The SMILES string of the molecule is CNNCCN(C(C)=O)C(C)[N+](=O)[O-]. The molecule has 0 aliphatic rings. The van der Waals surface area contributed by atoms with Crippen molar-refractivity contribution in [3.05, 3.63) is 10.1 Å². The molecule has 14 heavy (non-hydrogen) atoms. The van der Waals surface area contributed by atoms with E-state index >= 15 is 0 Å². The van der Waals surface area contributed by atoms with Gasteiger partial charge in [0.25, 0.3) is 6.17 Å². The van der Waals surface area contributed by atoms with Gasteiger partial charge < -0.3 is 0 Å². The number of amides is 1. The number of nitro groups is 1. The smallest absolute Gasteiger partial charge is 0.279 e. The third kappa shape index (κ3) is 4.15. The summed E-state index contributed by atoms with van der Waals surface area (Å²) in [4.78, 5) is 22.2. The predicted molar refractivity (Wildman–Crippen MR) is 50.9 cm³/mol. The van der Waals surface area contributed by atoms with Gasteiger partial charge in [0.15, 0.2) is 0 Å². The van der Waals surface area contributed by atoms with Crippen molar-refractivity contribution in [1.82, 2.24) is 15.8 Å². The first-order valence-corrected chi connectivity index (χ1v) is 4.31. The molecule has 0 aromatic heterocycles. The van der Waals surface area contributed by atoms with E-state index in [-0.39, 0.29) is 5.91 Å². The Morgan fingerprint density at radius 3 is 2.57 bits per heavy atom. The van der Waals surface area contributed by atoms with Crippen LogP contribution in [0.3, 0.4) is 0 Å². The van der Waals surface area contributed by atoms with Gasteiger partial charge >= 0.3 is 0 Å². The Kier molecular flexibility index (Phi) is 5.73. The Morgan fingerprint density at radius 1 is 1.64 bits per heavy atom. The molecular formula is C7H16N4O3. The van der Waals surface area contributed by atoms with E-state index in [4.69, 9.17) is 0 Å². The van der Waals surface area contributed by atoms with Crippen molar-refractivity contribution in [1.29, 1.82) is 0 Å². The lowest BCUT2D eigenvalue weighted by atomic mass is 10.4. The van der Waals surface area contributed by atoms with Crippen LogP contribution in [0.5, 0.6) is 0 Å². The lowest BCUT2D eigenvalue weighted by Crippen LogP contribution is -2.46. The van der Waals surface area contributed by atoms with E-state index in [1.807, 2.05) is 0 Å². The predicted octanol–water partition coefficient (Wildman–Crippen LogP) is -0.818. The first kappa shape index (κ1) is 12.8. The minimum Gasteiger partial charge on any atom is -0.279 e. The first-order valence-electron chi connectivity index (χ1n) is 4.31. The third-order valence-electron chi connectivity index (χ3n) is 1.82. The minimum atomic E-state index is -0.980. The van der Waals surface area contributed by atoms with Crippen LogP contribution in [0.25, 0.3) is 0 Å². The number of rotatable bonds is 6. The molecule has 2 N–H and O–H groups in total. The molecule has 0 aromatic carbocycles. The second kappa shape index (κ2) is 6.28. The highest BCUT2D eigenvalue weighted by molar-refractivity contribution is 5.73. The van der Waals surface area contributed by atoms with Gasteiger partial charge in [-0.1, -0.05) is 0 Å². The monoisotopic (exact) mass is 204 g/mol. The molecule has 0 aliphatic carbocycles. The average Bonchev–Trinajstić information content (AvgIpc) is 2.10. The van der Waals surface area contributed by atoms with Crippen LogP contribution in [0.2, 0.25) is 0 Å². The standard InChI is InChI=1S/C7H16N4O3/c1-6(11(13)14)10(7(2)12)5-4-9-8-3/h6,8-9H,4-5H2,1-3H3. The zero-order valence-electron chi connectivity index (χ0n) is 8.61. The van der Waals surface area contributed by atoms with Gasteiger partial charge in [-0.3, -0.25) is 30.7 Å². The van der Waals surface area contributed by atoms with Gasteiger partial charge in [0.05, 0.1) is 0 Å². The highest BCUT2D eigenvalue weighted by atomic mass is 16.6. The summed E-state index contributed by atoms with van der Waals surface area (Å²) in [5.74, 6) is -0.299. The second-order valence-corrected chi connectivity index (χ2v) is 2.81. The van der Waals surface area contributed by atoms with Crippen LogP contribution in [-0.2, 0) is 4.79 Å². The fraction of sp³-hybridized carbons (Fsp3) is 0.857. The van der Waals surface area contributed by atoms with Crippen molar-refractivity contribution >= 4 is 5.91 Å². The Bertz CT molecular complexity index is 209. The van der Waals surface area contributed by atoms with Gasteiger partial charge in [-0.2, -0.15) is 0 Å². The van der Waals surface area contributed by atoms with Gasteiger partial charge in [0.2, 0.25) is 5.91 Å². The first-order chi connectivity index (χ1) is 6.50. The van der Waals surface area contributed by atoms with E-state index in [9.17, 15) is 14.9 Å². The molecule has 0 saturated heterocycles. The summed E-state index contributed by atoms with van der Waals surface area (Å²) in [6.45, 7) is 3.48. The molecule has 0 spiro atoms. The molecule has 7 nitrogen and oxygen atoms in total. The zero-order chi connectivity index (χ0) is 11.1. The maximum Gasteiger partial charge on any atom is 0.286 e. The van der Waals surface area contributed by atoms with Crippen LogP contribution in [0.1, 0.15) is 13.8 Å². The molecule has 0 rings (SSSR count). The van der Waals surface area contributed by atoms with E-state index in [1.54, 1.807) is 7.05 Å². The number of hydrogen-bond acceptors (Lipinski definition) is 5. The molecule has 0 radical (unpaired) electrons. The Labute approximate surface area is 82.6 Å². The summed E-state index contributed by atoms with van der Waals surface area (Å²) in [7, 11) is 1.69. The quantitative estimate of drug-likeness (QED) is 0.255. The van der Waals surface area contributed by atoms with Gasteiger partial charge in [-0.25, -0.2) is 0 Å². The summed E-state index contributed by atoms with van der Waals surface area (Å²) >= 11 is 0. The summed E-state index contributed by atoms with van der Waals surface area (Å²) in [6.07, 6.45) is -0.980. The van der Waals surface area contributed by atoms with Gasteiger partial charge in [-0.05, 0) is 7.05 Å². The normalized spacial score (nSPS) is 12.2. The maximum atomic E-state index is 11.1.